The van der Waals surface area contributed by atoms with E-state index in [2.05, 4.69) is 5.10 Å². The number of carbonyl (C=O) groups excluding carboxylic acids is 1. The van der Waals surface area contributed by atoms with Gasteiger partial charge in [-0.2, -0.15) is 5.10 Å². The molecule has 2 aromatic heterocycles. The van der Waals surface area contributed by atoms with Crippen molar-refractivity contribution in [2.75, 3.05) is 13.2 Å². The summed E-state index contributed by atoms with van der Waals surface area (Å²) < 4.78 is 7.33. The predicted octanol–water partition coefficient (Wildman–Crippen LogP) is 1.12. The molecule has 1 N–H and O–H groups in total. The van der Waals surface area contributed by atoms with E-state index in [0.717, 1.165) is 12.8 Å². The Bertz CT molecular complexity index is 576. The number of likely N-dealkylation sites (tertiary alicyclic amines) is 1. The minimum absolute atomic E-state index is 0.00654. The molecule has 106 valence electrons. The van der Waals surface area contributed by atoms with Gasteiger partial charge in [0, 0.05) is 18.9 Å². The molecule has 0 bridgehead atoms. The lowest BCUT2D eigenvalue weighted by Crippen LogP contribution is -2.37. The Labute approximate surface area is 116 Å². The third kappa shape index (κ3) is 2.46. The average Bonchev–Trinajstić information content (AvgIpc) is 3.19. The first-order valence-corrected chi connectivity index (χ1v) is 6.76. The van der Waals surface area contributed by atoms with Gasteiger partial charge in [0.1, 0.15) is 5.76 Å². The second-order valence-electron chi connectivity index (χ2n) is 4.95. The van der Waals surface area contributed by atoms with E-state index >= 15 is 0 Å². The van der Waals surface area contributed by atoms with Crippen molar-refractivity contribution in [2.24, 2.45) is 0 Å². The highest BCUT2D eigenvalue weighted by molar-refractivity contribution is 5.92. The topological polar surface area (TPSA) is 71.5 Å². The number of rotatable bonds is 4. The molecule has 1 saturated heterocycles. The number of aromatic nitrogens is 2. The lowest BCUT2D eigenvalue weighted by atomic mass is 10.2. The molecule has 1 aliphatic heterocycles. The maximum absolute atomic E-state index is 12.3. The average molecular weight is 275 g/mol. The lowest BCUT2D eigenvalue weighted by Gasteiger charge is -2.21. The van der Waals surface area contributed by atoms with E-state index in [0.29, 0.717) is 24.6 Å². The van der Waals surface area contributed by atoms with Gasteiger partial charge >= 0.3 is 0 Å². The molecule has 0 radical (unpaired) electrons. The maximum atomic E-state index is 12.3. The third-order valence-electron chi connectivity index (χ3n) is 3.60. The fourth-order valence-electron chi connectivity index (χ4n) is 2.57. The highest BCUT2D eigenvalue weighted by Gasteiger charge is 2.30. The zero-order valence-corrected chi connectivity index (χ0v) is 11.1. The molecule has 0 spiro atoms. The third-order valence-corrected chi connectivity index (χ3v) is 3.60. The Kier molecular flexibility index (Phi) is 3.56. The molecular weight excluding hydrogens is 258 g/mol. The number of amides is 1. The Morgan fingerprint density at radius 3 is 3.15 bits per heavy atom. The van der Waals surface area contributed by atoms with Crippen LogP contribution in [0.2, 0.25) is 0 Å². The van der Waals surface area contributed by atoms with Gasteiger partial charge in [0.15, 0.2) is 5.76 Å². The highest BCUT2D eigenvalue weighted by Crippen LogP contribution is 2.21. The summed E-state index contributed by atoms with van der Waals surface area (Å²) in [6.07, 6.45) is 5.32. The fraction of sp³-hybridized carbons (Fsp3) is 0.429. The van der Waals surface area contributed by atoms with E-state index in [-0.39, 0.29) is 18.6 Å². The molecule has 6 heteroatoms. The van der Waals surface area contributed by atoms with Gasteiger partial charge in [0.2, 0.25) is 0 Å². The molecular formula is C14H17N3O3. The van der Waals surface area contributed by atoms with Gasteiger partial charge in [-0.25, -0.2) is 0 Å². The number of hydrogen-bond acceptors (Lipinski definition) is 4. The van der Waals surface area contributed by atoms with Crippen molar-refractivity contribution in [3.05, 3.63) is 42.1 Å². The minimum atomic E-state index is -0.145. The number of aliphatic hydroxyl groups is 1. The molecule has 1 amide bonds. The van der Waals surface area contributed by atoms with Crippen molar-refractivity contribution < 1.29 is 14.3 Å². The summed E-state index contributed by atoms with van der Waals surface area (Å²) in [7, 11) is 0. The Balaban J connectivity index is 1.71. The number of furan rings is 1. The molecule has 1 aliphatic rings. The monoisotopic (exact) mass is 275 g/mol. The highest BCUT2D eigenvalue weighted by atomic mass is 16.4. The van der Waals surface area contributed by atoms with E-state index in [9.17, 15) is 9.90 Å². The van der Waals surface area contributed by atoms with Crippen LogP contribution in [-0.2, 0) is 6.54 Å². The van der Waals surface area contributed by atoms with Crippen LogP contribution in [0, 0.1) is 0 Å². The zero-order valence-electron chi connectivity index (χ0n) is 11.1. The van der Waals surface area contributed by atoms with Crippen LogP contribution in [0.1, 0.15) is 29.2 Å². The van der Waals surface area contributed by atoms with Crippen LogP contribution in [0.4, 0.5) is 0 Å². The summed E-state index contributed by atoms with van der Waals surface area (Å²) in [5.41, 5.74) is 0. The van der Waals surface area contributed by atoms with Crippen LogP contribution < -0.4 is 0 Å². The van der Waals surface area contributed by atoms with Gasteiger partial charge in [-0.1, -0.05) is 0 Å². The molecule has 3 rings (SSSR count). The van der Waals surface area contributed by atoms with Gasteiger partial charge in [0.05, 0.1) is 19.2 Å². The fourth-order valence-corrected chi connectivity index (χ4v) is 2.57. The molecule has 3 heterocycles. The van der Waals surface area contributed by atoms with Gasteiger partial charge in [0.25, 0.3) is 5.91 Å². The minimum Gasteiger partial charge on any atom is -0.454 e. The molecule has 1 unspecified atom stereocenters. The first-order valence-electron chi connectivity index (χ1n) is 6.76. The molecule has 0 aliphatic carbocycles. The van der Waals surface area contributed by atoms with Crippen molar-refractivity contribution >= 4 is 5.91 Å². The number of nitrogens with zero attached hydrogens (tertiary/aromatic N) is 3. The van der Waals surface area contributed by atoms with Gasteiger partial charge < -0.3 is 14.4 Å². The predicted molar refractivity (Wildman–Crippen MR) is 71.2 cm³/mol. The van der Waals surface area contributed by atoms with Crippen LogP contribution >= 0.6 is 0 Å². The first kappa shape index (κ1) is 12.9. The normalized spacial score (nSPS) is 18.6. The number of aliphatic hydroxyl groups excluding tert-OH is 1. The van der Waals surface area contributed by atoms with Crippen LogP contribution in [0.5, 0.6) is 0 Å². The van der Waals surface area contributed by atoms with E-state index in [1.807, 2.05) is 12.3 Å². The van der Waals surface area contributed by atoms with E-state index in [1.54, 1.807) is 27.9 Å². The van der Waals surface area contributed by atoms with Gasteiger partial charge in [-0.05, 0) is 31.0 Å². The summed E-state index contributed by atoms with van der Waals surface area (Å²) >= 11 is 0. The second kappa shape index (κ2) is 5.50. The molecule has 0 saturated carbocycles. The van der Waals surface area contributed by atoms with Crippen LogP contribution in [0.3, 0.4) is 0 Å². The molecule has 0 aromatic carbocycles. The SMILES string of the molecule is O=C(c1ccc(Cn2cccn2)o1)N1CCCC1CO. The second-order valence-corrected chi connectivity index (χ2v) is 4.95. The van der Waals surface area contributed by atoms with Crippen LogP contribution in [-0.4, -0.2) is 44.9 Å². The first-order chi connectivity index (χ1) is 9.78. The van der Waals surface area contributed by atoms with E-state index in [4.69, 9.17) is 4.42 Å². The molecule has 6 nitrogen and oxygen atoms in total. The van der Waals surface area contributed by atoms with E-state index < -0.39 is 0 Å². The standard InChI is InChI=1S/C14H17N3O3/c18-10-11-3-1-8-17(11)14(19)13-5-4-12(20-13)9-16-7-2-6-15-16/h2,4-7,11,18H,1,3,8-10H2. The molecule has 2 aromatic rings. The number of hydrogen-bond donors (Lipinski definition) is 1. The van der Waals surface area contributed by atoms with Crippen LogP contribution in [0.25, 0.3) is 0 Å². The summed E-state index contributed by atoms with van der Waals surface area (Å²) in [4.78, 5) is 14.0. The molecule has 1 fully saturated rings. The Morgan fingerprint density at radius 1 is 1.50 bits per heavy atom. The molecule has 20 heavy (non-hydrogen) atoms. The molecule has 1 atom stereocenters. The quantitative estimate of drug-likeness (QED) is 0.907. The summed E-state index contributed by atoms with van der Waals surface area (Å²) in [5, 5.41) is 13.4. The summed E-state index contributed by atoms with van der Waals surface area (Å²) in [6, 6.07) is 5.24. The van der Waals surface area contributed by atoms with Gasteiger partial charge in [-0.15, -0.1) is 0 Å². The Hall–Kier alpha value is -2.08. The van der Waals surface area contributed by atoms with E-state index in [1.165, 1.54) is 0 Å². The van der Waals surface area contributed by atoms with Crippen molar-refractivity contribution in [2.45, 2.75) is 25.4 Å². The largest absolute Gasteiger partial charge is 0.454 e. The van der Waals surface area contributed by atoms with Crippen molar-refractivity contribution in [3.63, 3.8) is 0 Å². The smallest absolute Gasteiger partial charge is 0.289 e. The van der Waals surface area contributed by atoms with Crippen LogP contribution in [0.15, 0.2) is 35.0 Å². The summed E-state index contributed by atoms with van der Waals surface area (Å²) in [6.45, 7) is 1.19. The lowest BCUT2D eigenvalue weighted by molar-refractivity contribution is 0.0644. The van der Waals surface area contributed by atoms with Crippen molar-refractivity contribution in [3.8, 4) is 0 Å². The Morgan fingerprint density at radius 2 is 2.40 bits per heavy atom. The summed E-state index contributed by atoms with van der Waals surface area (Å²) in [5.74, 6) is 0.873. The zero-order chi connectivity index (χ0) is 13.9. The van der Waals surface area contributed by atoms with Crippen molar-refractivity contribution in [1.29, 1.82) is 0 Å². The van der Waals surface area contributed by atoms with Crippen molar-refractivity contribution in [1.82, 2.24) is 14.7 Å². The maximum Gasteiger partial charge on any atom is 0.289 e. The number of carbonyl (C=O) groups is 1. The van der Waals surface area contributed by atoms with Gasteiger partial charge in [-0.3, -0.25) is 9.48 Å².